The minimum absolute atomic E-state index is 0.935. The molecule has 0 amide bonds. The van der Waals surface area contributed by atoms with Crippen LogP contribution in [0.3, 0.4) is 0 Å². The van der Waals surface area contributed by atoms with Crippen LogP contribution in [0.4, 0.5) is 0 Å². The zero-order valence-corrected chi connectivity index (χ0v) is 8.15. The van der Waals surface area contributed by atoms with Crippen molar-refractivity contribution in [2.24, 2.45) is 5.92 Å². The highest BCUT2D eigenvalue weighted by Crippen LogP contribution is 2.27. The zero-order chi connectivity index (χ0) is 8.23. The minimum Gasteiger partial charge on any atom is -0.250 e. The third kappa shape index (κ3) is 2.07. The Bertz CT molecular complexity index is 212. The summed E-state index contributed by atoms with van der Waals surface area (Å²) in [4.78, 5) is 4.33. The number of thiazole rings is 1. The number of nitrogens with zero attached hydrogens (tertiary/aromatic N) is 1. The fraction of sp³-hybridized carbons (Fsp3) is 0.700. The second-order valence-electron chi connectivity index (χ2n) is 3.63. The maximum atomic E-state index is 4.33. The van der Waals surface area contributed by atoms with E-state index in [4.69, 9.17) is 0 Å². The van der Waals surface area contributed by atoms with Crippen LogP contribution in [-0.4, -0.2) is 4.98 Å². The van der Waals surface area contributed by atoms with Crippen molar-refractivity contribution < 1.29 is 0 Å². The average molecular weight is 181 g/mol. The molecule has 0 atom stereocenters. The largest absolute Gasteiger partial charge is 0.250 e. The molecule has 0 N–H and O–H groups in total. The Morgan fingerprint density at radius 2 is 2.17 bits per heavy atom. The normalized spacial score (nSPS) is 19.7. The van der Waals surface area contributed by atoms with Crippen molar-refractivity contribution >= 4 is 11.3 Å². The fourth-order valence-corrected chi connectivity index (χ4v) is 2.72. The Morgan fingerprint density at radius 3 is 2.83 bits per heavy atom. The van der Waals surface area contributed by atoms with Gasteiger partial charge < -0.3 is 0 Å². The molecule has 0 bridgehead atoms. The zero-order valence-electron chi connectivity index (χ0n) is 7.33. The lowest BCUT2D eigenvalue weighted by molar-refractivity contribution is 0.356. The van der Waals surface area contributed by atoms with E-state index >= 15 is 0 Å². The SMILES string of the molecule is c1csc(CC2CCCCC2)n1. The van der Waals surface area contributed by atoms with Crippen LogP contribution in [0.15, 0.2) is 11.6 Å². The number of rotatable bonds is 2. The molecule has 1 aliphatic rings. The van der Waals surface area contributed by atoms with Gasteiger partial charge in [-0.3, -0.25) is 0 Å². The molecular formula is C10H15NS. The van der Waals surface area contributed by atoms with Crippen molar-refractivity contribution in [1.29, 1.82) is 0 Å². The van der Waals surface area contributed by atoms with Gasteiger partial charge in [0.1, 0.15) is 0 Å². The smallest absolute Gasteiger partial charge is 0.0927 e. The van der Waals surface area contributed by atoms with E-state index in [1.165, 1.54) is 43.5 Å². The van der Waals surface area contributed by atoms with E-state index in [-0.39, 0.29) is 0 Å². The highest BCUT2D eigenvalue weighted by Gasteiger charge is 2.14. The summed E-state index contributed by atoms with van der Waals surface area (Å²) in [6.07, 6.45) is 10.3. The van der Waals surface area contributed by atoms with Gasteiger partial charge in [-0.1, -0.05) is 32.1 Å². The van der Waals surface area contributed by atoms with Gasteiger partial charge in [-0.05, 0) is 5.92 Å². The summed E-state index contributed by atoms with van der Waals surface area (Å²) in [6, 6.07) is 0. The maximum absolute atomic E-state index is 4.33. The predicted molar refractivity (Wildman–Crippen MR) is 52.4 cm³/mol. The molecule has 1 aromatic heterocycles. The summed E-state index contributed by atoms with van der Waals surface area (Å²) in [5, 5.41) is 3.42. The molecule has 12 heavy (non-hydrogen) atoms. The topological polar surface area (TPSA) is 12.9 Å². The van der Waals surface area contributed by atoms with Gasteiger partial charge in [0.25, 0.3) is 0 Å². The van der Waals surface area contributed by atoms with Gasteiger partial charge in [-0.2, -0.15) is 0 Å². The van der Waals surface area contributed by atoms with Crippen molar-refractivity contribution in [3.05, 3.63) is 16.6 Å². The second kappa shape index (κ2) is 4.04. The van der Waals surface area contributed by atoms with Crippen LogP contribution < -0.4 is 0 Å². The highest BCUT2D eigenvalue weighted by molar-refractivity contribution is 7.09. The Hall–Kier alpha value is -0.370. The first-order valence-electron chi connectivity index (χ1n) is 4.83. The molecule has 1 aromatic rings. The molecule has 66 valence electrons. The molecule has 1 fully saturated rings. The van der Waals surface area contributed by atoms with E-state index in [1.54, 1.807) is 11.3 Å². The standard InChI is InChI=1S/C10H15NS/c1-2-4-9(5-3-1)8-10-11-6-7-12-10/h6-7,9H,1-5,8H2. The Morgan fingerprint density at radius 1 is 1.33 bits per heavy atom. The molecule has 0 radical (unpaired) electrons. The van der Waals surface area contributed by atoms with E-state index in [1.807, 2.05) is 6.20 Å². The molecule has 1 nitrogen and oxygen atoms in total. The molecule has 0 aromatic carbocycles. The van der Waals surface area contributed by atoms with Gasteiger partial charge in [0.15, 0.2) is 0 Å². The number of hydrogen-bond donors (Lipinski definition) is 0. The van der Waals surface area contributed by atoms with Gasteiger partial charge in [-0.25, -0.2) is 4.98 Å². The van der Waals surface area contributed by atoms with Crippen molar-refractivity contribution in [2.75, 3.05) is 0 Å². The lowest BCUT2D eigenvalue weighted by Gasteiger charge is -2.19. The number of hydrogen-bond acceptors (Lipinski definition) is 2. The minimum atomic E-state index is 0.935. The third-order valence-corrected chi connectivity index (χ3v) is 3.47. The Balaban J connectivity index is 1.86. The molecule has 1 aliphatic carbocycles. The summed E-state index contributed by atoms with van der Waals surface area (Å²) in [6.45, 7) is 0. The summed E-state index contributed by atoms with van der Waals surface area (Å²) in [7, 11) is 0. The molecule has 0 unspecified atom stereocenters. The van der Waals surface area contributed by atoms with E-state index in [9.17, 15) is 0 Å². The van der Waals surface area contributed by atoms with Crippen LogP contribution in [0.25, 0.3) is 0 Å². The lowest BCUT2D eigenvalue weighted by atomic mass is 9.87. The predicted octanol–water partition coefficient (Wildman–Crippen LogP) is 3.27. The molecule has 2 heteroatoms. The molecular weight excluding hydrogens is 166 g/mol. The Labute approximate surface area is 77.8 Å². The van der Waals surface area contributed by atoms with E-state index < -0.39 is 0 Å². The van der Waals surface area contributed by atoms with Crippen LogP contribution in [0.5, 0.6) is 0 Å². The van der Waals surface area contributed by atoms with Gasteiger partial charge in [0.05, 0.1) is 5.01 Å². The van der Waals surface area contributed by atoms with Gasteiger partial charge in [0.2, 0.25) is 0 Å². The molecule has 0 aliphatic heterocycles. The Kier molecular flexibility index (Phi) is 2.77. The molecule has 1 saturated carbocycles. The second-order valence-corrected chi connectivity index (χ2v) is 4.61. The van der Waals surface area contributed by atoms with E-state index in [0.717, 1.165) is 5.92 Å². The van der Waals surface area contributed by atoms with Gasteiger partial charge in [0, 0.05) is 18.0 Å². The lowest BCUT2D eigenvalue weighted by Crippen LogP contribution is -2.08. The molecule has 0 spiro atoms. The summed E-state index contributed by atoms with van der Waals surface area (Å²) in [5.41, 5.74) is 0. The van der Waals surface area contributed by atoms with Crippen LogP contribution >= 0.6 is 11.3 Å². The van der Waals surface area contributed by atoms with E-state index in [2.05, 4.69) is 10.4 Å². The highest BCUT2D eigenvalue weighted by atomic mass is 32.1. The first kappa shape index (κ1) is 8.24. The average Bonchev–Trinajstić information content (AvgIpc) is 2.59. The molecule has 1 heterocycles. The van der Waals surface area contributed by atoms with Crippen molar-refractivity contribution in [1.82, 2.24) is 4.98 Å². The van der Waals surface area contributed by atoms with Crippen molar-refractivity contribution in [2.45, 2.75) is 38.5 Å². The number of aromatic nitrogens is 1. The monoisotopic (exact) mass is 181 g/mol. The first-order valence-corrected chi connectivity index (χ1v) is 5.71. The van der Waals surface area contributed by atoms with Crippen LogP contribution in [-0.2, 0) is 6.42 Å². The van der Waals surface area contributed by atoms with Gasteiger partial charge in [-0.15, -0.1) is 11.3 Å². The van der Waals surface area contributed by atoms with Crippen LogP contribution in [0.1, 0.15) is 37.1 Å². The summed E-state index contributed by atoms with van der Waals surface area (Å²) in [5.74, 6) is 0.935. The van der Waals surface area contributed by atoms with Crippen molar-refractivity contribution in [3.8, 4) is 0 Å². The fourth-order valence-electron chi connectivity index (χ4n) is 1.99. The summed E-state index contributed by atoms with van der Waals surface area (Å²) < 4.78 is 0. The molecule has 0 saturated heterocycles. The van der Waals surface area contributed by atoms with Gasteiger partial charge >= 0.3 is 0 Å². The quantitative estimate of drug-likeness (QED) is 0.682. The first-order chi connectivity index (χ1) is 5.95. The van der Waals surface area contributed by atoms with Crippen molar-refractivity contribution in [3.63, 3.8) is 0 Å². The third-order valence-electron chi connectivity index (χ3n) is 2.67. The van der Waals surface area contributed by atoms with E-state index in [0.29, 0.717) is 0 Å². The molecule has 2 rings (SSSR count). The summed E-state index contributed by atoms with van der Waals surface area (Å²) >= 11 is 1.81. The van der Waals surface area contributed by atoms with Crippen LogP contribution in [0.2, 0.25) is 0 Å². The van der Waals surface area contributed by atoms with Crippen LogP contribution in [0, 0.1) is 5.92 Å². The maximum Gasteiger partial charge on any atom is 0.0927 e.